The van der Waals surface area contributed by atoms with E-state index in [-0.39, 0.29) is 21.6 Å². The van der Waals surface area contributed by atoms with Crippen LogP contribution in [0.25, 0.3) is 0 Å². The van der Waals surface area contributed by atoms with Gasteiger partial charge >= 0.3 is 12.1 Å². The molecule has 0 saturated carbocycles. The van der Waals surface area contributed by atoms with Crippen LogP contribution in [0, 0.1) is 0 Å². The van der Waals surface area contributed by atoms with Gasteiger partial charge in [-0.3, -0.25) is 0 Å². The molecule has 0 aliphatic carbocycles. The topological polar surface area (TPSA) is 42.4 Å². The minimum absolute atomic E-state index is 0.0934. The first-order chi connectivity index (χ1) is 10.1. The molecule has 0 N–H and O–H groups in total. The molecule has 0 fully saturated rings. The Hall–Kier alpha value is -1.41. The van der Waals surface area contributed by atoms with E-state index in [1.165, 1.54) is 6.20 Å². The maximum Gasteiger partial charge on any atom is 0.417 e. The number of ether oxygens (including phenoxy) is 1. The van der Waals surface area contributed by atoms with Gasteiger partial charge in [-0.25, -0.2) is 9.78 Å². The van der Waals surface area contributed by atoms with Crippen molar-refractivity contribution in [1.82, 2.24) is 9.88 Å². The summed E-state index contributed by atoms with van der Waals surface area (Å²) in [6.07, 6.45) is -2.37. The number of halogens is 4. The summed E-state index contributed by atoms with van der Waals surface area (Å²) in [7, 11) is 3.39. The van der Waals surface area contributed by atoms with Crippen molar-refractivity contribution in [2.75, 3.05) is 20.7 Å². The number of hydrogen-bond donors (Lipinski definition) is 0. The van der Waals surface area contributed by atoms with Gasteiger partial charge in [0, 0.05) is 26.5 Å². The second-order valence-electron chi connectivity index (χ2n) is 4.29. The molecule has 0 bridgehead atoms. The number of carbonyl (C=O) groups excluding carboxylic acids is 1. The minimum atomic E-state index is -4.52. The summed E-state index contributed by atoms with van der Waals surface area (Å²) < 4.78 is 42.6. The normalized spacial score (nSPS) is 12.2. The van der Waals surface area contributed by atoms with Crippen LogP contribution in [0.4, 0.5) is 13.2 Å². The zero-order valence-electron chi connectivity index (χ0n) is 12.1. The standard InChI is InChI=1S/C13H14ClF3N2O2S/c1-4-21-12(20)10(7-19(2)3)22-11-9(14)5-8(6-18-11)13(15,16)17/h5-7H,4H2,1-3H3. The number of rotatable bonds is 5. The third-order valence-corrected chi connectivity index (χ3v) is 3.60. The van der Waals surface area contributed by atoms with Crippen molar-refractivity contribution in [3.63, 3.8) is 0 Å². The molecule has 0 aliphatic rings. The molecule has 4 nitrogen and oxygen atoms in total. The lowest BCUT2D eigenvalue weighted by Gasteiger charge is -2.12. The third kappa shape index (κ3) is 5.42. The van der Waals surface area contributed by atoms with Crippen LogP contribution in [0.5, 0.6) is 0 Å². The molecule has 0 spiro atoms. The quantitative estimate of drug-likeness (QED) is 0.457. The van der Waals surface area contributed by atoms with Crippen LogP contribution in [0.1, 0.15) is 12.5 Å². The summed E-state index contributed by atoms with van der Waals surface area (Å²) >= 11 is 6.67. The number of thioether (sulfide) groups is 1. The van der Waals surface area contributed by atoms with Crippen molar-refractivity contribution in [1.29, 1.82) is 0 Å². The van der Waals surface area contributed by atoms with Crippen LogP contribution in [-0.2, 0) is 15.7 Å². The maximum absolute atomic E-state index is 12.6. The second kappa shape index (κ2) is 7.73. The second-order valence-corrected chi connectivity index (χ2v) is 5.73. The molecule has 0 aromatic carbocycles. The van der Waals surface area contributed by atoms with Crippen LogP contribution < -0.4 is 0 Å². The predicted molar refractivity (Wildman–Crippen MR) is 78.5 cm³/mol. The van der Waals surface area contributed by atoms with Gasteiger partial charge in [0.2, 0.25) is 0 Å². The zero-order chi connectivity index (χ0) is 16.9. The van der Waals surface area contributed by atoms with Crippen LogP contribution in [0.3, 0.4) is 0 Å². The molecular weight excluding hydrogens is 341 g/mol. The van der Waals surface area contributed by atoms with Gasteiger partial charge in [-0.2, -0.15) is 13.2 Å². The van der Waals surface area contributed by atoms with Gasteiger partial charge in [-0.05, 0) is 13.0 Å². The fourth-order valence-corrected chi connectivity index (χ4v) is 2.48. The lowest BCUT2D eigenvalue weighted by atomic mass is 10.3. The van der Waals surface area contributed by atoms with E-state index in [0.717, 1.165) is 17.8 Å². The Kier molecular flexibility index (Phi) is 6.55. The lowest BCUT2D eigenvalue weighted by Crippen LogP contribution is -2.11. The van der Waals surface area contributed by atoms with Crippen LogP contribution in [-0.4, -0.2) is 36.6 Å². The minimum Gasteiger partial charge on any atom is -0.462 e. The summed E-state index contributed by atoms with van der Waals surface area (Å²) in [4.78, 5) is 17.3. The van der Waals surface area contributed by atoms with Crippen molar-refractivity contribution < 1.29 is 22.7 Å². The van der Waals surface area contributed by atoms with E-state index in [0.29, 0.717) is 6.20 Å². The molecule has 1 rings (SSSR count). The number of esters is 1. The molecule has 1 aromatic heterocycles. The molecule has 0 saturated heterocycles. The third-order valence-electron chi connectivity index (χ3n) is 2.19. The molecule has 0 unspecified atom stereocenters. The Morgan fingerprint density at radius 1 is 1.50 bits per heavy atom. The van der Waals surface area contributed by atoms with Gasteiger partial charge in [-0.1, -0.05) is 23.4 Å². The van der Waals surface area contributed by atoms with E-state index in [2.05, 4.69) is 4.98 Å². The number of aromatic nitrogens is 1. The van der Waals surface area contributed by atoms with Crippen molar-refractivity contribution in [2.45, 2.75) is 18.1 Å². The lowest BCUT2D eigenvalue weighted by molar-refractivity contribution is -0.138. The average Bonchev–Trinajstić information content (AvgIpc) is 2.38. The van der Waals surface area contributed by atoms with E-state index in [4.69, 9.17) is 16.3 Å². The fourth-order valence-electron chi connectivity index (χ4n) is 1.32. The Balaban J connectivity index is 3.07. The molecule has 0 aliphatic heterocycles. The molecule has 1 aromatic rings. The maximum atomic E-state index is 12.6. The summed E-state index contributed by atoms with van der Waals surface area (Å²) in [5.41, 5.74) is -0.948. The van der Waals surface area contributed by atoms with Crippen molar-refractivity contribution >= 4 is 29.3 Å². The monoisotopic (exact) mass is 354 g/mol. The van der Waals surface area contributed by atoms with E-state index in [1.807, 2.05) is 0 Å². The van der Waals surface area contributed by atoms with Crippen molar-refractivity contribution in [3.05, 3.63) is 34.0 Å². The smallest absolute Gasteiger partial charge is 0.417 e. The highest BCUT2D eigenvalue weighted by atomic mass is 35.5. The first-order valence-corrected chi connectivity index (χ1v) is 7.30. The molecule has 0 atom stereocenters. The van der Waals surface area contributed by atoms with E-state index in [9.17, 15) is 18.0 Å². The first kappa shape index (κ1) is 18.6. The number of pyridine rings is 1. The molecule has 9 heteroatoms. The number of alkyl halides is 3. The summed E-state index contributed by atoms with van der Waals surface area (Å²) in [5, 5.41) is -0.0930. The van der Waals surface area contributed by atoms with Gasteiger partial charge < -0.3 is 9.64 Å². The average molecular weight is 355 g/mol. The fraction of sp³-hybridized carbons (Fsp3) is 0.385. The molecule has 0 amide bonds. The summed E-state index contributed by atoms with van der Waals surface area (Å²) in [6, 6.07) is 0.773. The van der Waals surface area contributed by atoms with Crippen molar-refractivity contribution in [3.8, 4) is 0 Å². The van der Waals surface area contributed by atoms with Gasteiger partial charge in [-0.15, -0.1) is 0 Å². The number of carbonyl (C=O) groups is 1. The number of nitrogens with zero attached hydrogens (tertiary/aromatic N) is 2. The molecule has 1 heterocycles. The van der Waals surface area contributed by atoms with E-state index < -0.39 is 17.7 Å². The SMILES string of the molecule is CCOC(=O)C(=CN(C)C)Sc1ncc(C(F)(F)F)cc1Cl. The highest BCUT2D eigenvalue weighted by Gasteiger charge is 2.31. The highest BCUT2D eigenvalue weighted by Crippen LogP contribution is 2.36. The van der Waals surface area contributed by atoms with E-state index >= 15 is 0 Å². The summed E-state index contributed by atoms with van der Waals surface area (Å²) in [6.45, 7) is 1.83. The zero-order valence-corrected chi connectivity index (χ0v) is 13.6. The highest BCUT2D eigenvalue weighted by molar-refractivity contribution is 8.04. The van der Waals surface area contributed by atoms with Gasteiger partial charge in [0.15, 0.2) is 0 Å². The Bertz CT molecular complexity index is 577. The molecule has 0 radical (unpaired) electrons. The Morgan fingerprint density at radius 2 is 2.14 bits per heavy atom. The number of hydrogen-bond acceptors (Lipinski definition) is 5. The van der Waals surface area contributed by atoms with E-state index in [1.54, 1.807) is 25.9 Å². The van der Waals surface area contributed by atoms with Crippen LogP contribution >= 0.6 is 23.4 Å². The van der Waals surface area contributed by atoms with Gasteiger partial charge in [0.1, 0.15) is 9.93 Å². The van der Waals surface area contributed by atoms with Crippen LogP contribution in [0.2, 0.25) is 5.02 Å². The first-order valence-electron chi connectivity index (χ1n) is 6.11. The predicted octanol–water partition coefficient (Wildman–Crippen LogP) is 3.81. The molecule has 122 valence electrons. The Morgan fingerprint density at radius 3 is 2.59 bits per heavy atom. The largest absolute Gasteiger partial charge is 0.462 e. The summed E-state index contributed by atoms with van der Waals surface area (Å²) in [5.74, 6) is -0.598. The molecule has 22 heavy (non-hydrogen) atoms. The van der Waals surface area contributed by atoms with Gasteiger partial charge in [0.05, 0.1) is 17.2 Å². The van der Waals surface area contributed by atoms with Crippen LogP contribution in [0.15, 0.2) is 28.4 Å². The van der Waals surface area contributed by atoms with Crippen molar-refractivity contribution in [2.24, 2.45) is 0 Å². The van der Waals surface area contributed by atoms with Gasteiger partial charge in [0.25, 0.3) is 0 Å². The Labute approximate surface area is 135 Å². The molecular formula is C13H14ClF3N2O2S.